The van der Waals surface area contributed by atoms with Gasteiger partial charge in [-0.2, -0.15) is 4.68 Å². The first-order valence-corrected chi connectivity index (χ1v) is 11.7. The van der Waals surface area contributed by atoms with Crippen LogP contribution in [0.4, 0.5) is 4.79 Å². The second-order valence-corrected chi connectivity index (χ2v) is 8.44. The van der Waals surface area contributed by atoms with Crippen molar-refractivity contribution in [3.63, 3.8) is 0 Å². The van der Waals surface area contributed by atoms with Crippen LogP contribution >= 0.6 is 0 Å². The summed E-state index contributed by atoms with van der Waals surface area (Å²) in [7, 11) is 0. The van der Waals surface area contributed by atoms with E-state index in [-0.39, 0.29) is 11.9 Å². The lowest BCUT2D eigenvalue weighted by atomic mass is 9.97. The summed E-state index contributed by atoms with van der Waals surface area (Å²) < 4.78 is 1.19. The molecule has 0 aliphatic rings. The van der Waals surface area contributed by atoms with Gasteiger partial charge >= 0.3 is 6.03 Å². The van der Waals surface area contributed by atoms with Crippen molar-refractivity contribution in [3.05, 3.63) is 132 Å². The molecule has 178 valence electrons. The standard InChI is InChI=1S/C29H25N5O2/c35-28(31-27(22-14-6-2-7-15-22)23-16-8-3-9-17-23)25(20-21-12-4-1-5-13-21)30-29(36)34-26-19-11-10-18-24(26)32-33-34/h1-19,25,27H,20H2,(H,30,36)(H,31,35)/t25-/m0/s1. The molecular formula is C29H25N5O2. The van der Waals surface area contributed by atoms with Gasteiger partial charge in [0.05, 0.1) is 11.6 Å². The van der Waals surface area contributed by atoms with Gasteiger partial charge in [-0.3, -0.25) is 4.79 Å². The molecule has 1 atom stereocenters. The number of carbonyl (C=O) groups excluding carboxylic acids is 2. The topological polar surface area (TPSA) is 88.9 Å². The van der Waals surface area contributed by atoms with E-state index in [1.165, 1.54) is 4.68 Å². The lowest BCUT2D eigenvalue weighted by Crippen LogP contribution is -2.50. The van der Waals surface area contributed by atoms with E-state index < -0.39 is 12.1 Å². The van der Waals surface area contributed by atoms with Crippen molar-refractivity contribution >= 4 is 23.0 Å². The molecule has 2 amide bonds. The van der Waals surface area contributed by atoms with Crippen LogP contribution in [0.3, 0.4) is 0 Å². The maximum atomic E-state index is 13.7. The van der Waals surface area contributed by atoms with Gasteiger partial charge in [0.2, 0.25) is 5.91 Å². The minimum Gasteiger partial charge on any atom is -0.343 e. The Balaban J connectivity index is 1.44. The van der Waals surface area contributed by atoms with Crippen molar-refractivity contribution in [2.24, 2.45) is 0 Å². The molecule has 1 heterocycles. The molecule has 0 bridgehead atoms. The molecule has 2 N–H and O–H groups in total. The highest BCUT2D eigenvalue weighted by Gasteiger charge is 2.26. The molecule has 0 spiro atoms. The number of benzene rings is 4. The zero-order valence-electron chi connectivity index (χ0n) is 19.5. The van der Waals surface area contributed by atoms with E-state index in [2.05, 4.69) is 20.9 Å². The lowest BCUT2D eigenvalue weighted by Gasteiger charge is -2.24. The van der Waals surface area contributed by atoms with Crippen LogP contribution in [0.2, 0.25) is 0 Å². The van der Waals surface area contributed by atoms with Crippen LogP contribution in [0, 0.1) is 0 Å². The summed E-state index contributed by atoms with van der Waals surface area (Å²) >= 11 is 0. The van der Waals surface area contributed by atoms with Crippen LogP contribution in [-0.2, 0) is 11.2 Å². The molecule has 0 saturated heterocycles. The Morgan fingerprint density at radius 2 is 1.25 bits per heavy atom. The molecule has 4 aromatic carbocycles. The number of fused-ring (bicyclic) bond motifs is 1. The van der Waals surface area contributed by atoms with Crippen molar-refractivity contribution in [2.75, 3.05) is 0 Å². The normalized spacial score (nSPS) is 11.8. The second kappa shape index (κ2) is 10.7. The highest BCUT2D eigenvalue weighted by Crippen LogP contribution is 2.22. The van der Waals surface area contributed by atoms with Crippen LogP contribution in [0.25, 0.3) is 11.0 Å². The number of rotatable bonds is 7. The molecule has 1 aromatic heterocycles. The molecular weight excluding hydrogens is 450 g/mol. The van der Waals surface area contributed by atoms with Gasteiger partial charge in [0.1, 0.15) is 11.6 Å². The molecule has 5 rings (SSSR count). The molecule has 0 aliphatic heterocycles. The number of hydrogen-bond donors (Lipinski definition) is 2. The Labute approximate surface area is 208 Å². The number of para-hydroxylation sites is 1. The number of nitrogens with one attached hydrogen (secondary N) is 2. The fourth-order valence-electron chi connectivity index (χ4n) is 4.18. The van der Waals surface area contributed by atoms with Gasteiger partial charge in [-0.25, -0.2) is 4.79 Å². The Morgan fingerprint density at radius 1 is 0.694 bits per heavy atom. The highest BCUT2D eigenvalue weighted by atomic mass is 16.2. The molecule has 36 heavy (non-hydrogen) atoms. The van der Waals surface area contributed by atoms with E-state index in [0.29, 0.717) is 17.5 Å². The first kappa shape index (κ1) is 23.0. The van der Waals surface area contributed by atoms with Crippen molar-refractivity contribution in [2.45, 2.75) is 18.5 Å². The average Bonchev–Trinajstić information content (AvgIpc) is 3.37. The quantitative estimate of drug-likeness (QED) is 0.363. The minimum absolute atomic E-state index is 0.297. The minimum atomic E-state index is -0.835. The van der Waals surface area contributed by atoms with Crippen LogP contribution < -0.4 is 10.6 Å². The maximum Gasteiger partial charge on any atom is 0.344 e. The molecule has 0 radical (unpaired) electrons. The SMILES string of the molecule is O=C(NC(c1ccccc1)c1ccccc1)[C@H](Cc1ccccc1)NC(=O)n1nnc2ccccc21. The fraction of sp³-hybridized carbons (Fsp3) is 0.103. The summed E-state index contributed by atoms with van der Waals surface area (Å²) in [4.78, 5) is 26.9. The van der Waals surface area contributed by atoms with Gasteiger partial charge in [-0.15, -0.1) is 5.10 Å². The third kappa shape index (κ3) is 5.15. The van der Waals surface area contributed by atoms with Gasteiger partial charge < -0.3 is 10.6 Å². The fourth-order valence-corrected chi connectivity index (χ4v) is 4.18. The molecule has 0 aliphatic carbocycles. The van der Waals surface area contributed by atoms with Crippen LogP contribution in [0.1, 0.15) is 22.7 Å². The predicted molar refractivity (Wildman–Crippen MR) is 138 cm³/mol. The first-order chi connectivity index (χ1) is 17.7. The van der Waals surface area contributed by atoms with E-state index in [0.717, 1.165) is 16.7 Å². The number of nitrogens with zero attached hydrogens (tertiary/aromatic N) is 3. The largest absolute Gasteiger partial charge is 0.344 e. The van der Waals surface area contributed by atoms with Crippen molar-refractivity contribution < 1.29 is 9.59 Å². The van der Waals surface area contributed by atoms with Gasteiger partial charge in [-0.05, 0) is 28.8 Å². The molecule has 0 saturated carbocycles. The van der Waals surface area contributed by atoms with E-state index in [1.807, 2.05) is 103 Å². The smallest absolute Gasteiger partial charge is 0.343 e. The third-order valence-corrected chi connectivity index (χ3v) is 5.99. The number of carbonyl (C=O) groups is 2. The van der Waals surface area contributed by atoms with Crippen LogP contribution in [-0.4, -0.2) is 33.0 Å². The van der Waals surface area contributed by atoms with E-state index in [1.54, 1.807) is 12.1 Å². The molecule has 0 fully saturated rings. The number of amides is 2. The summed E-state index contributed by atoms with van der Waals surface area (Å²) in [6.45, 7) is 0. The lowest BCUT2D eigenvalue weighted by molar-refractivity contribution is -0.123. The van der Waals surface area contributed by atoms with Crippen LogP contribution in [0.5, 0.6) is 0 Å². The monoisotopic (exact) mass is 475 g/mol. The third-order valence-electron chi connectivity index (χ3n) is 5.99. The molecule has 7 nitrogen and oxygen atoms in total. The Morgan fingerprint density at radius 3 is 1.89 bits per heavy atom. The zero-order valence-corrected chi connectivity index (χ0v) is 19.5. The first-order valence-electron chi connectivity index (χ1n) is 11.7. The summed E-state index contributed by atoms with van der Waals surface area (Å²) in [6.07, 6.45) is 0.321. The summed E-state index contributed by atoms with van der Waals surface area (Å²) in [5.74, 6) is -0.297. The Bertz CT molecular complexity index is 1410. The second-order valence-electron chi connectivity index (χ2n) is 8.44. The zero-order chi connectivity index (χ0) is 24.7. The Hall–Kier alpha value is -4.78. The average molecular weight is 476 g/mol. The van der Waals surface area contributed by atoms with E-state index in [4.69, 9.17) is 0 Å². The number of aromatic nitrogens is 3. The van der Waals surface area contributed by atoms with Gasteiger partial charge in [-0.1, -0.05) is 108 Å². The predicted octanol–water partition coefficient (Wildman–Crippen LogP) is 4.51. The summed E-state index contributed by atoms with van der Waals surface area (Å²) in [5.41, 5.74) is 4.00. The highest BCUT2D eigenvalue weighted by molar-refractivity contribution is 5.92. The summed E-state index contributed by atoms with van der Waals surface area (Å²) in [5, 5.41) is 14.1. The van der Waals surface area contributed by atoms with Gasteiger partial charge in [0, 0.05) is 6.42 Å². The van der Waals surface area contributed by atoms with Gasteiger partial charge in [0.15, 0.2) is 0 Å². The Kier molecular flexibility index (Phi) is 6.80. The van der Waals surface area contributed by atoms with Gasteiger partial charge in [0.25, 0.3) is 0 Å². The van der Waals surface area contributed by atoms with E-state index in [9.17, 15) is 9.59 Å². The molecule has 7 heteroatoms. The number of hydrogen-bond acceptors (Lipinski definition) is 4. The van der Waals surface area contributed by atoms with Crippen molar-refractivity contribution in [1.29, 1.82) is 0 Å². The van der Waals surface area contributed by atoms with Crippen LogP contribution in [0.15, 0.2) is 115 Å². The van der Waals surface area contributed by atoms with Crippen molar-refractivity contribution in [3.8, 4) is 0 Å². The summed E-state index contributed by atoms with van der Waals surface area (Å²) in [6, 6.07) is 34.6. The van der Waals surface area contributed by atoms with Crippen molar-refractivity contribution in [1.82, 2.24) is 25.6 Å². The molecule has 0 unspecified atom stereocenters. The maximum absolute atomic E-state index is 13.7. The molecule has 5 aromatic rings. The van der Waals surface area contributed by atoms with E-state index >= 15 is 0 Å².